The summed E-state index contributed by atoms with van der Waals surface area (Å²) in [6.07, 6.45) is 0. The molecular formula is C20H25BrN3O2+. The van der Waals surface area contributed by atoms with Crippen molar-refractivity contribution in [2.24, 2.45) is 0 Å². The van der Waals surface area contributed by atoms with Crippen molar-refractivity contribution in [1.82, 2.24) is 9.47 Å². The first kappa shape index (κ1) is 18.9. The van der Waals surface area contributed by atoms with Crippen LogP contribution in [0.15, 0.2) is 34.8 Å². The molecule has 2 heterocycles. The number of hydrogen-bond donors (Lipinski definition) is 1. The van der Waals surface area contributed by atoms with Crippen LogP contribution in [0.3, 0.4) is 0 Å². The highest BCUT2D eigenvalue weighted by Gasteiger charge is 2.25. The molecule has 5 nitrogen and oxygen atoms in total. The number of amides is 1. The van der Waals surface area contributed by atoms with Crippen LogP contribution in [-0.2, 0) is 4.79 Å². The number of benzene rings is 1. The number of hydrogen-bond acceptors (Lipinski definition) is 2. The summed E-state index contributed by atoms with van der Waals surface area (Å²) >= 11 is 3.46. The van der Waals surface area contributed by atoms with Crippen molar-refractivity contribution in [2.45, 2.75) is 20.8 Å². The Balaban J connectivity index is 1.74. The van der Waals surface area contributed by atoms with Crippen LogP contribution in [-0.4, -0.2) is 53.9 Å². The average molecular weight is 419 g/mol. The summed E-state index contributed by atoms with van der Waals surface area (Å²) in [4.78, 5) is 27.4. The Kier molecular flexibility index (Phi) is 5.63. The summed E-state index contributed by atoms with van der Waals surface area (Å²) in [7, 11) is 0. The molecule has 138 valence electrons. The van der Waals surface area contributed by atoms with Crippen molar-refractivity contribution in [3.05, 3.63) is 51.8 Å². The highest BCUT2D eigenvalue weighted by molar-refractivity contribution is 9.10. The van der Waals surface area contributed by atoms with E-state index in [9.17, 15) is 9.59 Å². The van der Waals surface area contributed by atoms with Gasteiger partial charge in [-0.05, 0) is 44.2 Å². The molecular weight excluding hydrogens is 394 g/mol. The molecule has 1 fully saturated rings. The van der Waals surface area contributed by atoms with Gasteiger partial charge in [-0.25, -0.2) is 0 Å². The fourth-order valence-corrected chi connectivity index (χ4v) is 3.93. The van der Waals surface area contributed by atoms with Crippen LogP contribution in [0.4, 0.5) is 0 Å². The van der Waals surface area contributed by atoms with Crippen molar-refractivity contribution in [3.8, 4) is 5.69 Å². The number of nitrogens with zero attached hydrogens (tertiary/aromatic N) is 2. The van der Waals surface area contributed by atoms with Crippen LogP contribution in [0, 0.1) is 13.8 Å². The molecule has 6 heteroatoms. The third-order valence-corrected chi connectivity index (χ3v) is 5.67. The van der Waals surface area contributed by atoms with E-state index >= 15 is 0 Å². The minimum Gasteiger partial charge on any atom is -0.332 e. The van der Waals surface area contributed by atoms with Gasteiger partial charge in [0.2, 0.25) is 11.7 Å². The lowest BCUT2D eigenvalue weighted by molar-refractivity contribution is -0.895. The van der Waals surface area contributed by atoms with Crippen LogP contribution in [0.25, 0.3) is 5.69 Å². The van der Waals surface area contributed by atoms with E-state index in [1.54, 1.807) is 6.92 Å². The molecule has 0 atom stereocenters. The number of aryl methyl sites for hydroxylation is 1. The van der Waals surface area contributed by atoms with Crippen molar-refractivity contribution in [3.63, 3.8) is 0 Å². The standard InChI is InChI=1S/C20H24BrN3O2/c1-14-12-19(15(2)24(14)18-6-4-17(21)5-7-18)20(26)13-22-8-10-23(11-9-22)16(3)25/h4-7,12H,8-11,13H2,1-3H3/p+1. The van der Waals surface area contributed by atoms with Gasteiger partial charge in [-0.1, -0.05) is 15.9 Å². The lowest BCUT2D eigenvalue weighted by atomic mass is 10.1. The van der Waals surface area contributed by atoms with Gasteiger partial charge in [0.1, 0.15) is 6.54 Å². The number of rotatable bonds is 4. The fourth-order valence-electron chi connectivity index (χ4n) is 3.67. The maximum absolute atomic E-state index is 12.9. The molecule has 1 aliphatic rings. The summed E-state index contributed by atoms with van der Waals surface area (Å²) in [5, 5.41) is 0. The molecule has 26 heavy (non-hydrogen) atoms. The SMILES string of the molecule is CC(=O)N1CC[NH+](CC(=O)c2cc(C)n(-c3ccc(Br)cc3)c2C)CC1. The summed E-state index contributed by atoms with van der Waals surface area (Å²) in [6, 6.07) is 10.1. The van der Waals surface area contributed by atoms with E-state index in [-0.39, 0.29) is 11.7 Å². The second-order valence-electron chi connectivity index (χ2n) is 6.95. The van der Waals surface area contributed by atoms with Gasteiger partial charge in [0.05, 0.1) is 26.2 Å². The zero-order chi connectivity index (χ0) is 18.8. The van der Waals surface area contributed by atoms with E-state index in [0.29, 0.717) is 6.54 Å². The van der Waals surface area contributed by atoms with E-state index in [0.717, 1.165) is 53.3 Å². The number of aromatic nitrogens is 1. The third-order valence-electron chi connectivity index (χ3n) is 5.14. The van der Waals surface area contributed by atoms with Gasteiger partial charge in [-0.2, -0.15) is 0 Å². The fraction of sp³-hybridized carbons (Fsp3) is 0.400. The normalized spacial score (nSPS) is 15.3. The number of piperazine rings is 1. The van der Waals surface area contributed by atoms with Gasteiger partial charge in [-0.15, -0.1) is 0 Å². The van der Waals surface area contributed by atoms with Crippen molar-refractivity contribution in [2.75, 3.05) is 32.7 Å². The molecule has 1 N–H and O–H groups in total. The minimum atomic E-state index is 0.119. The third kappa shape index (κ3) is 3.91. The van der Waals surface area contributed by atoms with Crippen LogP contribution in [0.5, 0.6) is 0 Å². The number of carbonyl (C=O) groups is 2. The monoisotopic (exact) mass is 418 g/mol. The molecule has 0 unspecified atom stereocenters. The number of carbonyl (C=O) groups excluding carboxylic acids is 2. The second kappa shape index (κ2) is 7.76. The first-order valence-electron chi connectivity index (χ1n) is 8.94. The number of quaternary nitrogens is 1. The van der Waals surface area contributed by atoms with E-state index < -0.39 is 0 Å². The maximum Gasteiger partial charge on any atom is 0.219 e. The Morgan fingerprint density at radius 1 is 1.12 bits per heavy atom. The van der Waals surface area contributed by atoms with E-state index in [2.05, 4.69) is 20.5 Å². The van der Waals surface area contributed by atoms with Crippen LogP contribution >= 0.6 is 15.9 Å². The lowest BCUT2D eigenvalue weighted by Gasteiger charge is -2.31. The van der Waals surface area contributed by atoms with Gasteiger partial charge in [-0.3, -0.25) is 9.59 Å². The molecule has 0 radical (unpaired) electrons. The highest BCUT2D eigenvalue weighted by Crippen LogP contribution is 2.22. The topological polar surface area (TPSA) is 46.8 Å². The second-order valence-corrected chi connectivity index (χ2v) is 7.87. The molecule has 1 saturated heterocycles. The Labute approximate surface area is 162 Å². The van der Waals surface area contributed by atoms with Crippen LogP contribution < -0.4 is 4.90 Å². The van der Waals surface area contributed by atoms with Gasteiger partial charge in [0.25, 0.3) is 0 Å². The van der Waals surface area contributed by atoms with Gasteiger partial charge in [0.15, 0.2) is 0 Å². The molecule has 0 aliphatic carbocycles. The molecule has 0 saturated carbocycles. The number of halogens is 1. The molecule has 2 aromatic rings. The maximum atomic E-state index is 12.9. The largest absolute Gasteiger partial charge is 0.332 e. The number of Topliss-reactive ketones (excluding diaryl/α,β-unsaturated/α-hetero) is 1. The predicted molar refractivity (Wildman–Crippen MR) is 105 cm³/mol. The average Bonchev–Trinajstić information content (AvgIpc) is 2.91. The highest BCUT2D eigenvalue weighted by atomic mass is 79.9. The summed E-state index contributed by atoms with van der Waals surface area (Å²) in [6.45, 7) is 9.25. The smallest absolute Gasteiger partial charge is 0.219 e. The molecule has 0 bridgehead atoms. The lowest BCUT2D eigenvalue weighted by Crippen LogP contribution is -3.15. The molecule has 1 aromatic carbocycles. The number of ketones is 1. The van der Waals surface area contributed by atoms with E-state index in [4.69, 9.17) is 0 Å². The van der Waals surface area contributed by atoms with Gasteiger partial charge >= 0.3 is 0 Å². The van der Waals surface area contributed by atoms with E-state index in [1.165, 1.54) is 4.90 Å². The van der Waals surface area contributed by atoms with Gasteiger partial charge < -0.3 is 14.4 Å². The molecule has 3 rings (SSSR count). The molecule has 1 aliphatic heterocycles. The van der Waals surface area contributed by atoms with Gasteiger partial charge in [0, 0.05) is 34.0 Å². The molecule has 0 spiro atoms. The quantitative estimate of drug-likeness (QED) is 0.769. The Bertz CT molecular complexity index is 818. The molecule has 1 aromatic heterocycles. The predicted octanol–water partition coefficient (Wildman–Crippen LogP) is 1.79. The van der Waals surface area contributed by atoms with Crippen molar-refractivity contribution < 1.29 is 14.5 Å². The van der Waals surface area contributed by atoms with Crippen molar-refractivity contribution >= 4 is 27.6 Å². The zero-order valence-electron chi connectivity index (χ0n) is 15.5. The van der Waals surface area contributed by atoms with E-state index in [1.807, 2.05) is 49.1 Å². The Hall–Kier alpha value is -1.92. The first-order valence-corrected chi connectivity index (χ1v) is 9.73. The summed E-state index contributed by atoms with van der Waals surface area (Å²) in [5.41, 5.74) is 3.90. The van der Waals surface area contributed by atoms with Crippen LogP contribution in [0.2, 0.25) is 0 Å². The number of nitrogens with one attached hydrogen (secondary N) is 1. The zero-order valence-corrected chi connectivity index (χ0v) is 17.1. The summed E-state index contributed by atoms with van der Waals surface area (Å²) < 4.78 is 3.16. The minimum absolute atomic E-state index is 0.119. The summed E-state index contributed by atoms with van der Waals surface area (Å²) in [5.74, 6) is 0.293. The molecule has 1 amide bonds. The first-order chi connectivity index (χ1) is 12.4. The van der Waals surface area contributed by atoms with Crippen molar-refractivity contribution in [1.29, 1.82) is 0 Å². The Morgan fingerprint density at radius 2 is 1.73 bits per heavy atom. The Morgan fingerprint density at radius 3 is 2.31 bits per heavy atom. The van der Waals surface area contributed by atoms with Crippen LogP contribution in [0.1, 0.15) is 28.7 Å².